The van der Waals surface area contributed by atoms with Crippen molar-refractivity contribution in [2.24, 2.45) is 11.7 Å². The predicted octanol–water partition coefficient (Wildman–Crippen LogP) is 0.419. The second-order valence-corrected chi connectivity index (χ2v) is 4.74. The van der Waals surface area contributed by atoms with Crippen molar-refractivity contribution in [1.29, 1.82) is 0 Å². The van der Waals surface area contributed by atoms with Gasteiger partial charge in [0.05, 0.1) is 12.7 Å². The Balaban J connectivity index is 1.78. The molecule has 3 unspecified atom stereocenters. The molecule has 88 valence electrons. The largest absolute Gasteiger partial charge is 0.355 e. The topological polar surface area (TPSA) is 47.7 Å². The first-order valence-corrected chi connectivity index (χ1v) is 5.93. The fraction of sp³-hybridized carbons (Fsp3) is 1.00. The molecular weight excluding hydrogens is 192 g/mol. The van der Waals surface area contributed by atoms with Crippen LogP contribution in [0.1, 0.15) is 19.8 Å². The number of rotatable bonds is 3. The van der Waals surface area contributed by atoms with Gasteiger partial charge in [-0.15, -0.1) is 0 Å². The maximum Gasteiger partial charge on any atom is 0.147 e. The van der Waals surface area contributed by atoms with Gasteiger partial charge in [0.25, 0.3) is 0 Å². The Labute approximate surface area is 91.7 Å². The van der Waals surface area contributed by atoms with Gasteiger partial charge in [0.2, 0.25) is 0 Å². The number of hydrogen-bond donors (Lipinski definition) is 1. The minimum atomic E-state index is 0.359. The van der Waals surface area contributed by atoms with E-state index in [2.05, 4.69) is 11.8 Å². The second kappa shape index (κ2) is 5.25. The van der Waals surface area contributed by atoms with Crippen LogP contribution in [-0.2, 0) is 9.47 Å². The van der Waals surface area contributed by atoms with E-state index in [1.807, 2.05) is 0 Å². The van der Waals surface area contributed by atoms with E-state index in [1.54, 1.807) is 0 Å². The first kappa shape index (κ1) is 11.3. The zero-order chi connectivity index (χ0) is 10.7. The lowest BCUT2D eigenvalue weighted by Crippen LogP contribution is -2.39. The Hall–Kier alpha value is -0.160. The first-order chi connectivity index (χ1) is 7.29. The molecular formula is C11H22N2O2. The lowest BCUT2D eigenvalue weighted by molar-refractivity contribution is -0.145. The Morgan fingerprint density at radius 2 is 2.33 bits per heavy atom. The summed E-state index contributed by atoms with van der Waals surface area (Å²) in [6.07, 6.45) is 2.62. The third-order valence-electron chi connectivity index (χ3n) is 3.53. The standard InChI is InChI=1S/C11H22N2O2/c1-9-4-10(5-12)6-13(9)7-11-2-3-14-8-15-11/h9-11H,2-8,12H2,1H3. The Morgan fingerprint density at radius 1 is 1.47 bits per heavy atom. The number of likely N-dealkylation sites (tertiary alicyclic amines) is 1. The van der Waals surface area contributed by atoms with Crippen LogP contribution in [0.4, 0.5) is 0 Å². The molecule has 2 rings (SSSR count). The molecule has 2 heterocycles. The van der Waals surface area contributed by atoms with Crippen molar-refractivity contribution >= 4 is 0 Å². The third-order valence-corrected chi connectivity index (χ3v) is 3.53. The van der Waals surface area contributed by atoms with Crippen molar-refractivity contribution in [1.82, 2.24) is 4.90 Å². The fourth-order valence-corrected chi connectivity index (χ4v) is 2.55. The zero-order valence-corrected chi connectivity index (χ0v) is 9.52. The van der Waals surface area contributed by atoms with E-state index in [0.29, 0.717) is 24.9 Å². The molecule has 0 spiro atoms. The third kappa shape index (κ3) is 2.91. The average Bonchev–Trinajstić information content (AvgIpc) is 2.61. The van der Waals surface area contributed by atoms with Crippen LogP contribution < -0.4 is 5.73 Å². The van der Waals surface area contributed by atoms with Crippen molar-refractivity contribution < 1.29 is 9.47 Å². The van der Waals surface area contributed by atoms with Gasteiger partial charge in [0.1, 0.15) is 6.79 Å². The summed E-state index contributed by atoms with van der Waals surface area (Å²) < 4.78 is 10.7. The van der Waals surface area contributed by atoms with Gasteiger partial charge in [-0.3, -0.25) is 4.90 Å². The molecule has 2 saturated heterocycles. The van der Waals surface area contributed by atoms with Gasteiger partial charge in [-0.05, 0) is 32.2 Å². The van der Waals surface area contributed by atoms with Crippen LogP contribution in [0.2, 0.25) is 0 Å². The number of hydrogen-bond acceptors (Lipinski definition) is 4. The van der Waals surface area contributed by atoms with Crippen molar-refractivity contribution in [2.75, 3.05) is 33.0 Å². The molecule has 2 N–H and O–H groups in total. The molecule has 0 aliphatic carbocycles. The minimum Gasteiger partial charge on any atom is -0.355 e. The average molecular weight is 214 g/mol. The van der Waals surface area contributed by atoms with E-state index >= 15 is 0 Å². The minimum absolute atomic E-state index is 0.359. The highest BCUT2D eigenvalue weighted by atomic mass is 16.7. The molecule has 0 radical (unpaired) electrons. The highest BCUT2D eigenvalue weighted by molar-refractivity contribution is 4.84. The molecule has 15 heavy (non-hydrogen) atoms. The lowest BCUT2D eigenvalue weighted by atomic mass is 10.1. The molecule has 0 aromatic rings. The van der Waals surface area contributed by atoms with Crippen LogP contribution in [0.3, 0.4) is 0 Å². The number of nitrogens with two attached hydrogens (primary N) is 1. The number of nitrogens with zero attached hydrogens (tertiary/aromatic N) is 1. The van der Waals surface area contributed by atoms with Gasteiger partial charge in [0.15, 0.2) is 0 Å². The van der Waals surface area contributed by atoms with E-state index in [1.165, 1.54) is 6.42 Å². The zero-order valence-electron chi connectivity index (χ0n) is 9.52. The summed E-state index contributed by atoms with van der Waals surface area (Å²) in [7, 11) is 0. The first-order valence-electron chi connectivity index (χ1n) is 5.93. The Morgan fingerprint density at radius 3 is 2.93 bits per heavy atom. The van der Waals surface area contributed by atoms with Gasteiger partial charge in [-0.25, -0.2) is 0 Å². The summed E-state index contributed by atoms with van der Waals surface area (Å²) in [4.78, 5) is 2.51. The van der Waals surface area contributed by atoms with E-state index in [0.717, 1.165) is 32.7 Å². The van der Waals surface area contributed by atoms with Crippen LogP contribution in [0.5, 0.6) is 0 Å². The van der Waals surface area contributed by atoms with Crippen LogP contribution >= 0.6 is 0 Å². The second-order valence-electron chi connectivity index (χ2n) is 4.74. The molecule has 2 aliphatic rings. The molecule has 4 heteroatoms. The summed E-state index contributed by atoms with van der Waals surface area (Å²) >= 11 is 0. The highest BCUT2D eigenvalue weighted by Gasteiger charge is 2.30. The van der Waals surface area contributed by atoms with Gasteiger partial charge in [-0.1, -0.05) is 0 Å². The van der Waals surface area contributed by atoms with E-state index in [9.17, 15) is 0 Å². The molecule has 0 bridgehead atoms. The van der Waals surface area contributed by atoms with Crippen LogP contribution in [-0.4, -0.2) is 50.1 Å². The van der Waals surface area contributed by atoms with E-state index in [4.69, 9.17) is 15.2 Å². The van der Waals surface area contributed by atoms with Crippen LogP contribution in [0.15, 0.2) is 0 Å². The maximum atomic E-state index is 5.71. The summed E-state index contributed by atoms with van der Waals surface area (Å²) in [6, 6.07) is 0.657. The highest BCUT2D eigenvalue weighted by Crippen LogP contribution is 2.23. The Kier molecular flexibility index (Phi) is 3.97. The monoisotopic (exact) mass is 214 g/mol. The van der Waals surface area contributed by atoms with Crippen LogP contribution in [0, 0.1) is 5.92 Å². The summed E-state index contributed by atoms with van der Waals surface area (Å²) in [6.45, 7) is 6.59. The van der Waals surface area contributed by atoms with Gasteiger partial charge in [0, 0.05) is 19.1 Å². The van der Waals surface area contributed by atoms with Crippen molar-refractivity contribution in [3.05, 3.63) is 0 Å². The van der Waals surface area contributed by atoms with Crippen molar-refractivity contribution in [3.63, 3.8) is 0 Å². The van der Waals surface area contributed by atoms with E-state index < -0.39 is 0 Å². The molecule has 0 aromatic carbocycles. The summed E-state index contributed by atoms with van der Waals surface area (Å²) in [5, 5.41) is 0. The van der Waals surface area contributed by atoms with Gasteiger partial charge in [-0.2, -0.15) is 0 Å². The van der Waals surface area contributed by atoms with E-state index in [-0.39, 0.29) is 0 Å². The molecule has 0 amide bonds. The molecule has 3 atom stereocenters. The molecule has 4 nitrogen and oxygen atoms in total. The van der Waals surface area contributed by atoms with Crippen molar-refractivity contribution in [2.45, 2.75) is 31.9 Å². The van der Waals surface area contributed by atoms with Crippen LogP contribution in [0.25, 0.3) is 0 Å². The van der Waals surface area contributed by atoms with Gasteiger partial charge >= 0.3 is 0 Å². The predicted molar refractivity (Wildman–Crippen MR) is 58.5 cm³/mol. The molecule has 2 aliphatic heterocycles. The summed E-state index contributed by atoms with van der Waals surface area (Å²) in [5.41, 5.74) is 5.71. The maximum absolute atomic E-state index is 5.71. The smallest absolute Gasteiger partial charge is 0.147 e. The Bertz CT molecular complexity index is 195. The lowest BCUT2D eigenvalue weighted by Gasteiger charge is -2.29. The van der Waals surface area contributed by atoms with Gasteiger partial charge < -0.3 is 15.2 Å². The normalized spacial score (nSPS) is 38.4. The fourth-order valence-electron chi connectivity index (χ4n) is 2.55. The molecule has 0 saturated carbocycles. The van der Waals surface area contributed by atoms with Crippen molar-refractivity contribution in [3.8, 4) is 0 Å². The molecule has 0 aromatic heterocycles. The SMILES string of the molecule is CC1CC(CN)CN1CC1CCOCO1. The quantitative estimate of drug-likeness (QED) is 0.739. The molecule has 2 fully saturated rings. The number of ether oxygens (including phenoxy) is 2. The summed E-state index contributed by atoms with van der Waals surface area (Å²) in [5.74, 6) is 0.680.